The molecule has 4 heteroatoms. The molecule has 0 radical (unpaired) electrons. The Balaban J connectivity index is 1.70. The van der Waals surface area contributed by atoms with Gasteiger partial charge in [-0.2, -0.15) is 0 Å². The number of methoxy groups -OCH3 is 1. The predicted octanol–water partition coefficient (Wildman–Crippen LogP) is 2.92. The summed E-state index contributed by atoms with van der Waals surface area (Å²) in [6.45, 7) is 0.452. The molecular weight excluding hydrogens is 240 g/mol. The highest BCUT2D eigenvalue weighted by molar-refractivity contribution is 5.39. The van der Waals surface area contributed by atoms with Crippen molar-refractivity contribution < 1.29 is 9.47 Å². The van der Waals surface area contributed by atoms with Crippen LogP contribution in [-0.2, 0) is 6.61 Å². The van der Waals surface area contributed by atoms with Crippen LogP contribution < -0.4 is 9.47 Å². The van der Waals surface area contributed by atoms with E-state index in [2.05, 4.69) is 4.98 Å². The van der Waals surface area contributed by atoms with Crippen molar-refractivity contribution in [1.82, 2.24) is 9.38 Å². The van der Waals surface area contributed by atoms with Crippen LogP contribution in [0.5, 0.6) is 11.5 Å². The standard InChI is InChI=1S/C15H14N2O2/c1-18-13-5-7-14(8-6-13)19-11-12-10-17-9-3-2-4-15(17)16-12/h2-10H,11H2,1H3. The van der Waals surface area contributed by atoms with Crippen LogP contribution in [0.1, 0.15) is 5.69 Å². The van der Waals surface area contributed by atoms with E-state index >= 15 is 0 Å². The maximum Gasteiger partial charge on any atom is 0.137 e. The summed E-state index contributed by atoms with van der Waals surface area (Å²) < 4.78 is 12.8. The van der Waals surface area contributed by atoms with Gasteiger partial charge < -0.3 is 13.9 Å². The lowest BCUT2D eigenvalue weighted by molar-refractivity contribution is 0.301. The number of rotatable bonds is 4. The van der Waals surface area contributed by atoms with Crippen LogP contribution in [0, 0.1) is 0 Å². The van der Waals surface area contributed by atoms with Gasteiger partial charge in [0.25, 0.3) is 0 Å². The molecule has 0 saturated carbocycles. The Morgan fingerprint density at radius 3 is 2.58 bits per heavy atom. The average molecular weight is 254 g/mol. The smallest absolute Gasteiger partial charge is 0.137 e. The Kier molecular flexibility index (Phi) is 3.06. The molecule has 0 atom stereocenters. The number of benzene rings is 1. The number of nitrogens with zero attached hydrogens (tertiary/aromatic N) is 2. The van der Waals surface area contributed by atoms with Crippen LogP contribution in [0.3, 0.4) is 0 Å². The zero-order valence-electron chi connectivity index (χ0n) is 10.6. The maximum atomic E-state index is 5.69. The summed E-state index contributed by atoms with van der Waals surface area (Å²) >= 11 is 0. The molecule has 19 heavy (non-hydrogen) atoms. The molecule has 3 rings (SSSR count). The summed E-state index contributed by atoms with van der Waals surface area (Å²) in [6, 6.07) is 13.4. The van der Waals surface area contributed by atoms with Crippen LogP contribution >= 0.6 is 0 Å². The maximum absolute atomic E-state index is 5.69. The van der Waals surface area contributed by atoms with Crippen molar-refractivity contribution in [3.63, 3.8) is 0 Å². The molecule has 0 saturated heterocycles. The fourth-order valence-corrected chi connectivity index (χ4v) is 1.89. The molecule has 4 nitrogen and oxygen atoms in total. The van der Waals surface area contributed by atoms with Gasteiger partial charge in [0, 0.05) is 12.4 Å². The normalized spacial score (nSPS) is 10.6. The zero-order valence-corrected chi connectivity index (χ0v) is 10.6. The average Bonchev–Trinajstić information content (AvgIpc) is 2.88. The van der Waals surface area contributed by atoms with Gasteiger partial charge in [0.2, 0.25) is 0 Å². The second kappa shape index (κ2) is 5.02. The third-order valence-corrected chi connectivity index (χ3v) is 2.86. The van der Waals surface area contributed by atoms with Gasteiger partial charge in [-0.1, -0.05) is 6.07 Å². The van der Waals surface area contributed by atoms with Crippen LogP contribution in [0.25, 0.3) is 5.65 Å². The summed E-state index contributed by atoms with van der Waals surface area (Å²) in [4.78, 5) is 4.47. The Bertz CT molecular complexity index is 641. The highest BCUT2D eigenvalue weighted by Gasteiger charge is 2.02. The molecule has 0 N–H and O–H groups in total. The lowest BCUT2D eigenvalue weighted by atomic mass is 10.3. The van der Waals surface area contributed by atoms with Gasteiger partial charge in [0.05, 0.1) is 12.8 Å². The van der Waals surface area contributed by atoms with E-state index in [0.717, 1.165) is 22.8 Å². The zero-order chi connectivity index (χ0) is 13.1. The first kappa shape index (κ1) is 11.6. The Morgan fingerprint density at radius 2 is 1.84 bits per heavy atom. The van der Waals surface area contributed by atoms with Gasteiger partial charge in [0.15, 0.2) is 0 Å². The highest BCUT2D eigenvalue weighted by Crippen LogP contribution is 2.18. The largest absolute Gasteiger partial charge is 0.497 e. The molecule has 2 heterocycles. The number of aromatic nitrogens is 2. The number of imidazole rings is 1. The van der Waals surface area contributed by atoms with Crippen LogP contribution in [-0.4, -0.2) is 16.5 Å². The van der Waals surface area contributed by atoms with Crippen LogP contribution in [0.2, 0.25) is 0 Å². The van der Waals surface area contributed by atoms with Gasteiger partial charge in [-0.05, 0) is 36.4 Å². The summed E-state index contributed by atoms with van der Waals surface area (Å²) in [5.74, 6) is 1.62. The van der Waals surface area contributed by atoms with Crippen LogP contribution in [0.15, 0.2) is 54.9 Å². The molecular formula is C15H14N2O2. The Hall–Kier alpha value is -2.49. The van der Waals surface area contributed by atoms with Crippen molar-refractivity contribution >= 4 is 5.65 Å². The van der Waals surface area contributed by atoms with Crippen molar-refractivity contribution in [3.8, 4) is 11.5 Å². The first-order valence-corrected chi connectivity index (χ1v) is 6.04. The molecule has 0 bridgehead atoms. The first-order chi connectivity index (χ1) is 9.35. The molecule has 0 unspecified atom stereocenters. The summed E-state index contributed by atoms with van der Waals surface area (Å²) in [6.07, 6.45) is 3.94. The molecule has 0 aliphatic rings. The molecule has 3 aromatic rings. The minimum Gasteiger partial charge on any atom is -0.497 e. The number of ether oxygens (including phenoxy) is 2. The fourth-order valence-electron chi connectivity index (χ4n) is 1.89. The molecule has 0 amide bonds. The fraction of sp³-hybridized carbons (Fsp3) is 0.133. The Labute approximate surface area is 111 Å². The van der Waals surface area contributed by atoms with Crippen molar-refractivity contribution in [2.45, 2.75) is 6.61 Å². The predicted molar refractivity (Wildman–Crippen MR) is 72.5 cm³/mol. The van der Waals surface area contributed by atoms with E-state index in [1.54, 1.807) is 7.11 Å². The van der Waals surface area contributed by atoms with Crippen molar-refractivity contribution in [1.29, 1.82) is 0 Å². The Morgan fingerprint density at radius 1 is 1.05 bits per heavy atom. The van der Waals surface area contributed by atoms with Crippen molar-refractivity contribution in [2.75, 3.05) is 7.11 Å². The van der Waals surface area contributed by atoms with Gasteiger partial charge in [-0.15, -0.1) is 0 Å². The van der Waals surface area contributed by atoms with Gasteiger partial charge in [0.1, 0.15) is 23.8 Å². The third-order valence-electron chi connectivity index (χ3n) is 2.86. The lowest BCUT2D eigenvalue weighted by Gasteiger charge is -2.04. The van der Waals surface area contributed by atoms with E-state index in [0.29, 0.717) is 6.61 Å². The summed E-state index contributed by atoms with van der Waals surface area (Å²) in [5.41, 5.74) is 1.83. The molecule has 0 fully saturated rings. The molecule has 2 aromatic heterocycles. The monoisotopic (exact) mass is 254 g/mol. The number of pyridine rings is 1. The highest BCUT2D eigenvalue weighted by atomic mass is 16.5. The van der Waals surface area contributed by atoms with E-state index in [-0.39, 0.29) is 0 Å². The quantitative estimate of drug-likeness (QED) is 0.718. The molecule has 0 spiro atoms. The number of fused-ring (bicyclic) bond motifs is 1. The second-order valence-corrected chi connectivity index (χ2v) is 4.16. The SMILES string of the molecule is COc1ccc(OCc2cn3ccccc3n2)cc1. The van der Waals surface area contributed by atoms with E-state index in [9.17, 15) is 0 Å². The second-order valence-electron chi connectivity index (χ2n) is 4.16. The summed E-state index contributed by atoms with van der Waals surface area (Å²) in [5, 5.41) is 0. The molecule has 1 aromatic carbocycles. The minimum absolute atomic E-state index is 0.452. The van der Waals surface area contributed by atoms with E-state index in [1.807, 2.05) is 59.3 Å². The van der Waals surface area contributed by atoms with Crippen molar-refractivity contribution in [2.24, 2.45) is 0 Å². The first-order valence-electron chi connectivity index (χ1n) is 6.04. The van der Waals surface area contributed by atoms with E-state index in [4.69, 9.17) is 9.47 Å². The van der Waals surface area contributed by atoms with Gasteiger partial charge >= 0.3 is 0 Å². The number of hydrogen-bond acceptors (Lipinski definition) is 3. The third kappa shape index (κ3) is 2.52. The van der Waals surface area contributed by atoms with Gasteiger partial charge in [-0.3, -0.25) is 0 Å². The molecule has 0 aliphatic carbocycles. The van der Waals surface area contributed by atoms with E-state index in [1.165, 1.54) is 0 Å². The topological polar surface area (TPSA) is 35.8 Å². The van der Waals surface area contributed by atoms with Crippen molar-refractivity contribution in [3.05, 3.63) is 60.6 Å². The van der Waals surface area contributed by atoms with Crippen LogP contribution in [0.4, 0.5) is 0 Å². The molecule has 96 valence electrons. The summed E-state index contributed by atoms with van der Waals surface area (Å²) in [7, 11) is 1.65. The van der Waals surface area contributed by atoms with E-state index < -0.39 is 0 Å². The van der Waals surface area contributed by atoms with Gasteiger partial charge in [-0.25, -0.2) is 4.98 Å². The number of hydrogen-bond donors (Lipinski definition) is 0. The lowest BCUT2D eigenvalue weighted by Crippen LogP contribution is -1.95. The molecule has 0 aliphatic heterocycles. The minimum atomic E-state index is 0.452.